The number of nitrogens with one attached hydrogen (secondary N) is 1. The highest BCUT2D eigenvalue weighted by atomic mass is 35.5. The molecule has 0 unspecified atom stereocenters. The topological polar surface area (TPSA) is 79.4 Å². The first-order valence-corrected chi connectivity index (χ1v) is 12.1. The molecule has 0 spiro atoms. The van der Waals surface area contributed by atoms with Crippen molar-refractivity contribution in [1.29, 1.82) is 0 Å². The Morgan fingerprint density at radius 1 is 1.19 bits per heavy atom. The second-order valence-corrected chi connectivity index (χ2v) is 10.7. The summed E-state index contributed by atoms with van der Waals surface area (Å²) in [7, 11) is -3.96. The maximum absolute atomic E-state index is 13.5. The van der Waals surface area contributed by atoms with E-state index in [-0.39, 0.29) is 29.8 Å². The summed E-state index contributed by atoms with van der Waals surface area (Å²) in [5.74, 6) is -2.94. The number of sulfonamides is 1. The van der Waals surface area contributed by atoms with Gasteiger partial charge in [0.15, 0.2) is 16.8 Å². The standard InChI is InChI=1S/C20H18ClF2N3O3S2/c1-11-8-13(21)9-17-18(11)24-20(30-17)25-19(27)12-4-6-26(7-5-12)31(28,29)14-2-3-15(22)16(23)10-14/h2-3,8-10,12H,4-7H2,1H3,(H,24,25,27). The molecule has 4 rings (SSSR count). The van der Waals surface area contributed by atoms with E-state index in [4.69, 9.17) is 11.6 Å². The number of anilines is 1. The van der Waals surface area contributed by atoms with E-state index in [1.54, 1.807) is 12.1 Å². The van der Waals surface area contributed by atoms with Gasteiger partial charge in [0.05, 0.1) is 15.1 Å². The number of hydrogen-bond donors (Lipinski definition) is 1. The van der Waals surface area contributed by atoms with Gasteiger partial charge in [0.2, 0.25) is 15.9 Å². The van der Waals surface area contributed by atoms with E-state index < -0.39 is 21.7 Å². The second kappa shape index (κ2) is 8.42. The maximum Gasteiger partial charge on any atom is 0.243 e. The van der Waals surface area contributed by atoms with Crippen LogP contribution < -0.4 is 5.32 Å². The Balaban J connectivity index is 1.42. The third-order valence-corrected chi connectivity index (χ3v) is 8.26. The highest BCUT2D eigenvalue weighted by molar-refractivity contribution is 7.89. The molecule has 2 heterocycles. The molecule has 1 amide bonds. The molecule has 3 aromatic rings. The first-order valence-electron chi connectivity index (χ1n) is 9.48. The van der Waals surface area contributed by atoms with Gasteiger partial charge in [0.1, 0.15) is 0 Å². The summed E-state index contributed by atoms with van der Waals surface area (Å²) in [5.41, 5.74) is 1.69. The zero-order valence-corrected chi connectivity index (χ0v) is 18.8. The van der Waals surface area contributed by atoms with E-state index in [2.05, 4.69) is 10.3 Å². The van der Waals surface area contributed by atoms with Crippen LogP contribution in [-0.4, -0.2) is 36.7 Å². The summed E-state index contributed by atoms with van der Waals surface area (Å²) in [4.78, 5) is 16.8. The van der Waals surface area contributed by atoms with Gasteiger partial charge in [-0.05, 0) is 55.7 Å². The first-order chi connectivity index (χ1) is 14.6. The van der Waals surface area contributed by atoms with Crippen LogP contribution >= 0.6 is 22.9 Å². The molecule has 6 nitrogen and oxygen atoms in total. The third-order valence-electron chi connectivity index (χ3n) is 5.23. The summed E-state index contributed by atoms with van der Waals surface area (Å²) < 4.78 is 54.0. The van der Waals surface area contributed by atoms with E-state index in [0.717, 1.165) is 27.9 Å². The van der Waals surface area contributed by atoms with Crippen molar-refractivity contribution in [3.05, 3.63) is 52.6 Å². The molecule has 1 saturated heterocycles. The number of amides is 1. The Hall–Kier alpha value is -2.14. The van der Waals surface area contributed by atoms with Gasteiger partial charge in [0, 0.05) is 24.0 Å². The molecule has 0 bridgehead atoms. The van der Waals surface area contributed by atoms with Crippen LogP contribution in [0.25, 0.3) is 10.2 Å². The average molecular weight is 486 g/mol. The van der Waals surface area contributed by atoms with Crippen LogP contribution in [0, 0.1) is 24.5 Å². The van der Waals surface area contributed by atoms with Crippen molar-refractivity contribution in [2.45, 2.75) is 24.7 Å². The number of piperidine rings is 1. The lowest BCUT2D eigenvalue weighted by Crippen LogP contribution is -2.41. The summed E-state index contributed by atoms with van der Waals surface area (Å²) in [6.45, 7) is 2.10. The number of halogens is 3. The van der Waals surface area contributed by atoms with Gasteiger partial charge < -0.3 is 5.32 Å². The molecule has 0 saturated carbocycles. The lowest BCUT2D eigenvalue weighted by atomic mass is 9.97. The molecule has 0 aliphatic carbocycles. The van der Waals surface area contributed by atoms with Crippen LogP contribution in [0.5, 0.6) is 0 Å². The van der Waals surface area contributed by atoms with Crippen molar-refractivity contribution in [3.63, 3.8) is 0 Å². The largest absolute Gasteiger partial charge is 0.302 e. The highest BCUT2D eigenvalue weighted by Gasteiger charge is 2.32. The summed E-state index contributed by atoms with van der Waals surface area (Å²) in [6.07, 6.45) is 0.620. The second-order valence-electron chi connectivity index (χ2n) is 7.33. The van der Waals surface area contributed by atoms with Crippen molar-refractivity contribution in [3.8, 4) is 0 Å². The van der Waals surface area contributed by atoms with Crippen molar-refractivity contribution in [2.24, 2.45) is 5.92 Å². The quantitative estimate of drug-likeness (QED) is 0.587. The smallest absolute Gasteiger partial charge is 0.243 e. The predicted molar refractivity (Wildman–Crippen MR) is 116 cm³/mol. The normalized spacial score (nSPS) is 16.0. The molecule has 0 radical (unpaired) electrons. The Labute approximate surface area is 186 Å². The lowest BCUT2D eigenvalue weighted by Gasteiger charge is -2.30. The number of carbonyl (C=O) groups is 1. The van der Waals surface area contributed by atoms with Crippen molar-refractivity contribution in [1.82, 2.24) is 9.29 Å². The maximum atomic E-state index is 13.5. The molecule has 1 N–H and O–H groups in total. The van der Waals surface area contributed by atoms with Gasteiger partial charge in [-0.1, -0.05) is 22.9 Å². The van der Waals surface area contributed by atoms with Crippen LogP contribution in [0.2, 0.25) is 5.02 Å². The Morgan fingerprint density at radius 3 is 2.58 bits per heavy atom. The minimum Gasteiger partial charge on any atom is -0.302 e. The molecule has 31 heavy (non-hydrogen) atoms. The van der Waals surface area contributed by atoms with Crippen LogP contribution in [0.1, 0.15) is 18.4 Å². The number of benzene rings is 2. The minimum absolute atomic E-state index is 0.105. The average Bonchev–Trinajstić information content (AvgIpc) is 3.12. The molecule has 2 aromatic carbocycles. The number of rotatable bonds is 4. The fraction of sp³-hybridized carbons (Fsp3) is 0.300. The molecular weight excluding hydrogens is 468 g/mol. The van der Waals surface area contributed by atoms with E-state index in [0.29, 0.717) is 29.1 Å². The SMILES string of the molecule is Cc1cc(Cl)cc2sc(NC(=O)C3CCN(S(=O)(=O)c4ccc(F)c(F)c4)CC3)nc12. The Bertz CT molecular complexity index is 1270. The van der Waals surface area contributed by atoms with Crippen molar-refractivity contribution >= 4 is 54.2 Å². The first kappa shape index (κ1) is 22.1. The van der Waals surface area contributed by atoms with Gasteiger partial charge in [-0.15, -0.1) is 0 Å². The summed E-state index contributed by atoms with van der Waals surface area (Å²) in [6, 6.07) is 6.09. The molecule has 11 heteroatoms. The van der Waals surface area contributed by atoms with Crippen LogP contribution in [0.15, 0.2) is 35.2 Å². The van der Waals surface area contributed by atoms with Gasteiger partial charge >= 0.3 is 0 Å². The van der Waals surface area contributed by atoms with Crippen molar-refractivity contribution in [2.75, 3.05) is 18.4 Å². The van der Waals surface area contributed by atoms with Gasteiger partial charge in [-0.3, -0.25) is 4.79 Å². The van der Waals surface area contributed by atoms with Gasteiger partial charge in [0.25, 0.3) is 0 Å². The van der Waals surface area contributed by atoms with E-state index in [1.165, 1.54) is 15.6 Å². The highest BCUT2D eigenvalue weighted by Crippen LogP contribution is 2.32. The van der Waals surface area contributed by atoms with E-state index in [1.807, 2.05) is 6.92 Å². The van der Waals surface area contributed by atoms with Crippen LogP contribution in [0.4, 0.5) is 13.9 Å². The number of carbonyl (C=O) groups excluding carboxylic acids is 1. The van der Waals surface area contributed by atoms with Gasteiger partial charge in [-0.25, -0.2) is 22.2 Å². The lowest BCUT2D eigenvalue weighted by molar-refractivity contribution is -0.120. The fourth-order valence-electron chi connectivity index (χ4n) is 3.56. The molecule has 164 valence electrons. The summed E-state index contributed by atoms with van der Waals surface area (Å²) >= 11 is 7.39. The zero-order chi connectivity index (χ0) is 22.3. The predicted octanol–water partition coefficient (Wildman–Crippen LogP) is 4.58. The number of aryl methyl sites for hydroxylation is 1. The monoisotopic (exact) mass is 485 g/mol. The van der Waals surface area contributed by atoms with Crippen molar-refractivity contribution < 1.29 is 22.0 Å². The zero-order valence-electron chi connectivity index (χ0n) is 16.4. The van der Waals surface area contributed by atoms with Crippen LogP contribution in [0.3, 0.4) is 0 Å². The number of hydrogen-bond acceptors (Lipinski definition) is 5. The molecule has 1 aliphatic heterocycles. The fourth-order valence-corrected chi connectivity index (χ4v) is 6.37. The van der Waals surface area contributed by atoms with E-state index in [9.17, 15) is 22.0 Å². The Kier molecular flexibility index (Phi) is 5.99. The number of thiazole rings is 1. The molecule has 0 atom stereocenters. The summed E-state index contributed by atoms with van der Waals surface area (Å²) in [5, 5.41) is 3.87. The third kappa shape index (κ3) is 4.43. The molecule has 1 fully saturated rings. The Morgan fingerprint density at radius 2 is 1.90 bits per heavy atom. The minimum atomic E-state index is -3.96. The van der Waals surface area contributed by atoms with Gasteiger partial charge in [-0.2, -0.15) is 4.31 Å². The molecule has 1 aliphatic rings. The number of nitrogens with zero attached hydrogens (tertiary/aromatic N) is 2. The number of aromatic nitrogens is 1. The molecule has 1 aromatic heterocycles. The molecular formula is C20H18ClF2N3O3S2. The van der Waals surface area contributed by atoms with Crippen LogP contribution in [-0.2, 0) is 14.8 Å². The number of fused-ring (bicyclic) bond motifs is 1. The van der Waals surface area contributed by atoms with E-state index >= 15 is 0 Å².